The van der Waals surface area contributed by atoms with Crippen molar-refractivity contribution in [3.05, 3.63) is 53.2 Å². The molecule has 130 valence electrons. The van der Waals surface area contributed by atoms with Crippen LogP contribution in [0.25, 0.3) is 0 Å². The van der Waals surface area contributed by atoms with Gasteiger partial charge in [0.1, 0.15) is 29.5 Å². The number of fused-ring (bicyclic) bond motifs is 2. The molecule has 2 aromatic rings. The summed E-state index contributed by atoms with van der Waals surface area (Å²) < 4.78 is 16.3. The van der Waals surface area contributed by atoms with Crippen molar-refractivity contribution in [1.82, 2.24) is 0 Å². The SMILES string of the molecule is COC(=O)c1cc(NC(C#N)=C(C#N)C#N)cc2c1Oc1ccccc1O2. The number of carbonyl (C=O) groups excluding carboxylic acids is 1. The quantitative estimate of drug-likeness (QED) is 0.555. The zero-order chi connectivity index (χ0) is 19.4. The van der Waals surface area contributed by atoms with Crippen LogP contribution in [0.5, 0.6) is 23.0 Å². The molecule has 0 spiro atoms. The average molecular weight is 358 g/mol. The van der Waals surface area contributed by atoms with E-state index in [1.54, 1.807) is 42.5 Å². The number of rotatable bonds is 3. The summed E-state index contributed by atoms with van der Waals surface area (Å²) in [5.74, 6) is 0.580. The van der Waals surface area contributed by atoms with E-state index in [4.69, 9.17) is 24.7 Å². The van der Waals surface area contributed by atoms with Crippen LogP contribution in [0.3, 0.4) is 0 Å². The second-order valence-corrected chi connectivity index (χ2v) is 5.20. The molecule has 27 heavy (non-hydrogen) atoms. The van der Waals surface area contributed by atoms with E-state index in [0.29, 0.717) is 11.5 Å². The Morgan fingerprint density at radius 2 is 1.67 bits per heavy atom. The lowest BCUT2D eigenvalue weighted by Gasteiger charge is -2.23. The first kappa shape index (κ1) is 17.3. The summed E-state index contributed by atoms with van der Waals surface area (Å²) >= 11 is 0. The highest BCUT2D eigenvalue weighted by atomic mass is 16.6. The average Bonchev–Trinajstić information content (AvgIpc) is 2.71. The van der Waals surface area contributed by atoms with E-state index < -0.39 is 11.5 Å². The predicted molar refractivity (Wildman–Crippen MR) is 91.9 cm³/mol. The number of allylic oxidation sites excluding steroid dienone is 2. The number of hydrogen-bond donors (Lipinski definition) is 1. The summed E-state index contributed by atoms with van der Waals surface area (Å²) in [7, 11) is 1.22. The fourth-order valence-electron chi connectivity index (χ4n) is 2.39. The van der Waals surface area contributed by atoms with Crippen LogP contribution < -0.4 is 14.8 Å². The number of nitriles is 3. The van der Waals surface area contributed by atoms with Gasteiger partial charge in [0.15, 0.2) is 28.6 Å². The van der Waals surface area contributed by atoms with Gasteiger partial charge in [0.2, 0.25) is 0 Å². The molecule has 0 aliphatic carbocycles. The van der Waals surface area contributed by atoms with Crippen LogP contribution in [-0.2, 0) is 4.74 Å². The van der Waals surface area contributed by atoms with Gasteiger partial charge in [0, 0.05) is 11.8 Å². The Kier molecular flexibility index (Phi) is 4.61. The van der Waals surface area contributed by atoms with E-state index in [1.807, 2.05) is 0 Å². The predicted octanol–water partition coefficient (Wildman–Crippen LogP) is 3.61. The number of nitrogens with zero attached hydrogens (tertiary/aromatic N) is 3. The molecule has 0 atom stereocenters. The van der Waals surface area contributed by atoms with Crippen LogP contribution in [0, 0.1) is 34.0 Å². The van der Waals surface area contributed by atoms with E-state index in [-0.39, 0.29) is 28.4 Å². The van der Waals surface area contributed by atoms with Crippen molar-refractivity contribution in [2.24, 2.45) is 0 Å². The largest absolute Gasteiger partial charge is 0.465 e. The van der Waals surface area contributed by atoms with E-state index in [2.05, 4.69) is 5.32 Å². The van der Waals surface area contributed by atoms with Crippen LogP contribution in [0.15, 0.2) is 47.7 Å². The fraction of sp³-hybridized carbons (Fsp3) is 0.0526. The molecule has 1 N–H and O–H groups in total. The maximum absolute atomic E-state index is 12.2. The number of para-hydroxylation sites is 2. The van der Waals surface area contributed by atoms with Crippen LogP contribution in [-0.4, -0.2) is 13.1 Å². The Morgan fingerprint density at radius 1 is 1.00 bits per heavy atom. The Hall–Kier alpha value is -4.48. The van der Waals surface area contributed by atoms with Gasteiger partial charge >= 0.3 is 5.97 Å². The third kappa shape index (κ3) is 3.21. The molecule has 0 fully saturated rings. The van der Waals surface area contributed by atoms with Crippen LogP contribution in [0.4, 0.5) is 5.69 Å². The zero-order valence-electron chi connectivity index (χ0n) is 13.9. The number of hydrogen-bond acceptors (Lipinski definition) is 8. The van der Waals surface area contributed by atoms with Gasteiger partial charge in [-0.2, -0.15) is 15.8 Å². The van der Waals surface area contributed by atoms with Gasteiger partial charge in [0.05, 0.1) is 7.11 Å². The van der Waals surface area contributed by atoms with Gasteiger partial charge in [-0.1, -0.05) is 12.1 Å². The van der Waals surface area contributed by atoms with Crippen molar-refractivity contribution in [3.63, 3.8) is 0 Å². The fourth-order valence-corrected chi connectivity index (χ4v) is 2.39. The molecule has 0 radical (unpaired) electrons. The number of nitrogens with one attached hydrogen (secondary N) is 1. The third-order valence-corrected chi connectivity index (χ3v) is 3.60. The molecular formula is C19H10N4O4. The van der Waals surface area contributed by atoms with Gasteiger partial charge in [-0.15, -0.1) is 0 Å². The second kappa shape index (κ2) is 7.18. The summed E-state index contributed by atoms with van der Waals surface area (Å²) in [5, 5.41) is 29.7. The van der Waals surface area contributed by atoms with Crippen LogP contribution in [0.1, 0.15) is 10.4 Å². The summed E-state index contributed by atoms with van der Waals surface area (Å²) in [4.78, 5) is 12.2. The number of ether oxygens (including phenoxy) is 3. The van der Waals surface area contributed by atoms with E-state index >= 15 is 0 Å². The molecule has 1 aliphatic heterocycles. The first-order valence-corrected chi connectivity index (χ1v) is 7.54. The minimum Gasteiger partial charge on any atom is -0.465 e. The van der Waals surface area contributed by atoms with Gasteiger partial charge in [-0.05, 0) is 18.2 Å². The highest BCUT2D eigenvalue weighted by Gasteiger charge is 2.26. The molecule has 8 nitrogen and oxygen atoms in total. The second-order valence-electron chi connectivity index (χ2n) is 5.20. The highest BCUT2D eigenvalue weighted by molar-refractivity contribution is 5.95. The first-order valence-electron chi connectivity index (χ1n) is 7.54. The van der Waals surface area contributed by atoms with Crippen molar-refractivity contribution in [1.29, 1.82) is 15.8 Å². The van der Waals surface area contributed by atoms with Crippen molar-refractivity contribution in [2.75, 3.05) is 12.4 Å². The molecule has 1 aliphatic rings. The minimum atomic E-state index is -0.679. The molecule has 0 saturated heterocycles. The van der Waals surface area contributed by atoms with Crippen LogP contribution >= 0.6 is 0 Å². The van der Waals surface area contributed by atoms with Crippen molar-refractivity contribution in [2.45, 2.75) is 0 Å². The number of benzene rings is 2. The smallest absolute Gasteiger partial charge is 0.341 e. The first-order chi connectivity index (χ1) is 13.1. The normalized spacial score (nSPS) is 10.3. The van der Waals surface area contributed by atoms with E-state index in [0.717, 1.165) is 0 Å². The summed E-state index contributed by atoms with van der Waals surface area (Å²) in [6.45, 7) is 0. The third-order valence-electron chi connectivity index (χ3n) is 3.60. The molecule has 8 heteroatoms. The molecular weight excluding hydrogens is 348 g/mol. The van der Waals surface area contributed by atoms with Gasteiger partial charge in [0.25, 0.3) is 0 Å². The molecule has 0 amide bonds. The zero-order valence-corrected chi connectivity index (χ0v) is 13.9. The van der Waals surface area contributed by atoms with Gasteiger partial charge < -0.3 is 19.5 Å². The number of carbonyl (C=O) groups is 1. The molecule has 3 rings (SSSR count). The molecule has 0 saturated carbocycles. The lowest BCUT2D eigenvalue weighted by Crippen LogP contribution is -2.10. The minimum absolute atomic E-state index is 0.0553. The lowest BCUT2D eigenvalue weighted by atomic mass is 10.1. The van der Waals surface area contributed by atoms with Crippen LogP contribution in [0.2, 0.25) is 0 Å². The van der Waals surface area contributed by atoms with E-state index in [1.165, 1.54) is 19.2 Å². The van der Waals surface area contributed by atoms with Crippen molar-refractivity contribution >= 4 is 11.7 Å². The number of methoxy groups -OCH3 is 1. The summed E-state index contributed by atoms with van der Waals surface area (Å²) in [6, 6.07) is 14.8. The standard InChI is InChI=1S/C19H10N4O4/c1-25-19(24)13-6-12(23-14(10-22)11(8-20)9-21)7-17-18(13)27-16-5-3-2-4-15(16)26-17/h2-7,23H,1H3. The Labute approximate surface area is 154 Å². The molecule has 0 bridgehead atoms. The molecule has 1 heterocycles. The maximum Gasteiger partial charge on any atom is 0.341 e. The van der Waals surface area contributed by atoms with Gasteiger partial charge in [-0.3, -0.25) is 0 Å². The number of anilines is 1. The van der Waals surface area contributed by atoms with Crippen molar-refractivity contribution < 1.29 is 19.0 Å². The Morgan fingerprint density at radius 3 is 2.26 bits per heavy atom. The molecule has 0 aromatic heterocycles. The highest BCUT2D eigenvalue weighted by Crippen LogP contribution is 2.48. The lowest BCUT2D eigenvalue weighted by molar-refractivity contribution is 0.0597. The topological polar surface area (TPSA) is 128 Å². The summed E-state index contributed by atoms with van der Waals surface area (Å²) in [6.07, 6.45) is 0. The molecule has 2 aromatic carbocycles. The monoisotopic (exact) mass is 358 g/mol. The van der Waals surface area contributed by atoms with Gasteiger partial charge in [-0.25, -0.2) is 4.79 Å². The van der Waals surface area contributed by atoms with E-state index in [9.17, 15) is 10.1 Å². The Balaban J connectivity index is 2.11. The summed E-state index contributed by atoms with van der Waals surface area (Å²) in [5.41, 5.74) is -0.346. The Bertz CT molecular complexity index is 1080. The molecule has 0 unspecified atom stereocenters. The van der Waals surface area contributed by atoms with Crippen molar-refractivity contribution in [3.8, 4) is 41.2 Å². The maximum atomic E-state index is 12.2. The number of esters is 1.